The van der Waals surface area contributed by atoms with Gasteiger partial charge in [-0.1, -0.05) is 15.9 Å². The number of methoxy groups -OCH3 is 1. The van der Waals surface area contributed by atoms with E-state index in [-0.39, 0.29) is 16.6 Å². The number of ether oxygens (including phenoxy) is 1. The van der Waals surface area contributed by atoms with Gasteiger partial charge in [-0.2, -0.15) is 13.2 Å². The summed E-state index contributed by atoms with van der Waals surface area (Å²) in [5, 5.41) is 2.60. The zero-order chi connectivity index (χ0) is 21.9. The van der Waals surface area contributed by atoms with Gasteiger partial charge in [0.1, 0.15) is 11.6 Å². The van der Waals surface area contributed by atoms with Crippen LogP contribution in [0.2, 0.25) is 0 Å². The molecule has 1 aromatic heterocycles. The fraction of sp³-hybridized carbons (Fsp3) is 0.143. The first-order valence-corrected chi connectivity index (χ1v) is 9.41. The van der Waals surface area contributed by atoms with Crippen LogP contribution in [-0.2, 0) is 12.7 Å². The van der Waals surface area contributed by atoms with E-state index in [1.54, 1.807) is 12.1 Å². The second-order valence-corrected chi connectivity index (χ2v) is 7.20. The number of aromatic nitrogens is 1. The van der Waals surface area contributed by atoms with Crippen LogP contribution in [0.1, 0.15) is 21.5 Å². The van der Waals surface area contributed by atoms with Crippen LogP contribution in [0.25, 0.3) is 11.1 Å². The summed E-state index contributed by atoms with van der Waals surface area (Å²) in [5.74, 6) is -0.840. The van der Waals surface area contributed by atoms with Crippen molar-refractivity contribution in [3.63, 3.8) is 0 Å². The van der Waals surface area contributed by atoms with Gasteiger partial charge in [-0.3, -0.25) is 9.78 Å². The van der Waals surface area contributed by atoms with Gasteiger partial charge in [0.05, 0.1) is 12.7 Å². The molecule has 3 rings (SSSR count). The summed E-state index contributed by atoms with van der Waals surface area (Å²) in [6.07, 6.45) is -1.53. The molecule has 30 heavy (non-hydrogen) atoms. The highest BCUT2D eigenvalue weighted by molar-refractivity contribution is 9.10. The Balaban J connectivity index is 1.86. The molecule has 3 aromatic rings. The minimum absolute atomic E-state index is 0.00357. The molecule has 0 spiro atoms. The molecule has 4 nitrogen and oxygen atoms in total. The number of nitrogens with zero attached hydrogens (tertiary/aromatic N) is 1. The van der Waals surface area contributed by atoms with Gasteiger partial charge in [-0.05, 0) is 47.5 Å². The molecule has 1 heterocycles. The normalized spacial score (nSPS) is 11.3. The van der Waals surface area contributed by atoms with Gasteiger partial charge >= 0.3 is 6.18 Å². The van der Waals surface area contributed by atoms with Crippen LogP contribution in [0.5, 0.6) is 5.75 Å². The summed E-state index contributed by atoms with van der Waals surface area (Å²) in [6, 6.07) is 8.72. The molecule has 0 saturated carbocycles. The third-order valence-electron chi connectivity index (χ3n) is 4.28. The fourth-order valence-electron chi connectivity index (χ4n) is 2.88. The molecule has 1 amide bonds. The predicted octanol–water partition coefficient (Wildman–Crippen LogP) is 5.61. The molecule has 0 unspecified atom stereocenters. The molecule has 9 heteroatoms. The van der Waals surface area contributed by atoms with Crippen molar-refractivity contribution < 1.29 is 27.1 Å². The van der Waals surface area contributed by atoms with Gasteiger partial charge in [0, 0.05) is 40.6 Å². The predicted molar refractivity (Wildman–Crippen MR) is 106 cm³/mol. The zero-order valence-electron chi connectivity index (χ0n) is 15.6. The number of hydrogen-bond donors (Lipinski definition) is 1. The van der Waals surface area contributed by atoms with Gasteiger partial charge in [0.2, 0.25) is 0 Å². The van der Waals surface area contributed by atoms with Gasteiger partial charge in [0.15, 0.2) is 0 Å². The summed E-state index contributed by atoms with van der Waals surface area (Å²) >= 11 is 3.00. The highest BCUT2D eigenvalue weighted by Crippen LogP contribution is 2.33. The van der Waals surface area contributed by atoms with E-state index in [2.05, 4.69) is 26.2 Å². The summed E-state index contributed by atoms with van der Waals surface area (Å²) in [6.45, 7) is -0.00357. The average molecular weight is 483 g/mol. The van der Waals surface area contributed by atoms with Crippen molar-refractivity contribution in [2.75, 3.05) is 7.11 Å². The number of benzene rings is 2. The number of nitrogens with one attached hydrogen (secondary N) is 1. The van der Waals surface area contributed by atoms with Crippen molar-refractivity contribution in [3.05, 3.63) is 81.8 Å². The second-order valence-electron chi connectivity index (χ2n) is 6.29. The van der Waals surface area contributed by atoms with Gasteiger partial charge in [-0.15, -0.1) is 0 Å². The minimum Gasteiger partial charge on any atom is -0.496 e. The number of rotatable bonds is 5. The maximum atomic E-state index is 13.5. The van der Waals surface area contributed by atoms with E-state index >= 15 is 0 Å². The molecular weight excluding hydrogens is 468 g/mol. The first-order valence-electron chi connectivity index (χ1n) is 8.62. The summed E-state index contributed by atoms with van der Waals surface area (Å²) in [7, 11) is 1.41. The quantitative estimate of drug-likeness (QED) is 0.481. The number of amides is 1. The standard InChI is InChI=1S/C21H15BrF4N2O2/c1-30-19-9-16(23)2-3-18(19)17-4-5-27-10-13(17)11-28-20(29)12-6-14(21(24,25)26)8-15(22)7-12/h2-10H,11H2,1H3,(H,28,29). The van der Waals surface area contributed by atoms with Crippen molar-refractivity contribution in [1.82, 2.24) is 10.3 Å². The Bertz CT molecular complexity index is 1090. The molecule has 0 aliphatic carbocycles. The second kappa shape index (κ2) is 8.83. The van der Waals surface area contributed by atoms with Crippen LogP contribution in [0, 0.1) is 5.82 Å². The van der Waals surface area contributed by atoms with Gasteiger partial charge < -0.3 is 10.1 Å². The number of hydrogen-bond acceptors (Lipinski definition) is 3. The molecule has 0 fully saturated rings. The van der Waals surface area contributed by atoms with Gasteiger partial charge in [-0.25, -0.2) is 4.39 Å². The molecule has 156 valence electrons. The number of alkyl halides is 3. The van der Waals surface area contributed by atoms with Gasteiger partial charge in [0.25, 0.3) is 5.91 Å². The van der Waals surface area contributed by atoms with Crippen LogP contribution >= 0.6 is 15.9 Å². The topological polar surface area (TPSA) is 51.2 Å². The zero-order valence-corrected chi connectivity index (χ0v) is 17.1. The lowest BCUT2D eigenvalue weighted by atomic mass is 10.0. The third kappa shape index (κ3) is 4.96. The molecular formula is C21H15BrF4N2O2. The van der Waals surface area contributed by atoms with E-state index in [1.165, 1.54) is 37.7 Å². The monoisotopic (exact) mass is 482 g/mol. The lowest BCUT2D eigenvalue weighted by Gasteiger charge is -2.14. The minimum atomic E-state index is -4.57. The van der Waals surface area contributed by atoms with Crippen molar-refractivity contribution in [2.45, 2.75) is 12.7 Å². The first kappa shape index (κ1) is 21.8. The molecule has 2 aromatic carbocycles. The maximum Gasteiger partial charge on any atom is 0.416 e. The summed E-state index contributed by atoms with van der Waals surface area (Å²) in [4.78, 5) is 16.5. The van der Waals surface area contributed by atoms with E-state index in [0.717, 1.165) is 12.1 Å². The SMILES string of the molecule is COc1cc(F)ccc1-c1ccncc1CNC(=O)c1cc(Br)cc(C(F)(F)F)c1. The van der Waals surface area contributed by atoms with Crippen molar-refractivity contribution in [1.29, 1.82) is 0 Å². The molecule has 1 N–H and O–H groups in total. The molecule has 0 bridgehead atoms. The van der Waals surface area contributed by atoms with Crippen LogP contribution in [-0.4, -0.2) is 18.0 Å². The Hall–Kier alpha value is -2.94. The largest absolute Gasteiger partial charge is 0.496 e. The Kier molecular flexibility index (Phi) is 6.40. The van der Waals surface area contributed by atoms with Crippen LogP contribution in [0.4, 0.5) is 17.6 Å². The maximum absolute atomic E-state index is 13.5. The molecule has 0 aliphatic heterocycles. The Labute approximate surface area is 178 Å². The Morgan fingerprint density at radius 2 is 1.90 bits per heavy atom. The van der Waals surface area contributed by atoms with E-state index in [1.807, 2.05) is 0 Å². The fourth-order valence-corrected chi connectivity index (χ4v) is 3.37. The first-order chi connectivity index (χ1) is 14.2. The van der Waals surface area contributed by atoms with Crippen LogP contribution < -0.4 is 10.1 Å². The van der Waals surface area contributed by atoms with Crippen molar-refractivity contribution in [2.24, 2.45) is 0 Å². The number of carbonyl (C=O) groups excluding carboxylic acids is 1. The van der Waals surface area contributed by atoms with E-state index < -0.39 is 23.5 Å². The van der Waals surface area contributed by atoms with E-state index in [0.29, 0.717) is 22.4 Å². The molecule has 0 aliphatic rings. The van der Waals surface area contributed by atoms with Crippen molar-refractivity contribution in [3.8, 4) is 16.9 Å². The van der Waals surface area contributed by atoms with Crippen molar-refractivity contribution >= 4 is 21.8 Å². The molecule has 0 atom stereocenters. The smallest absolute Gasteiger partial charge is 0.416 e. The lowest BCUT2D eigenvalue weighted by molar-refractivity contribution is -0.137. The number of carbonyl (C=O) groups is 1. The van der Waals surface area contributed by atoms with E-state index in [4.69, 9.17) is 4.74 Å². The van der Waals surface area contributed by atoms with Crippen LogP contribution in [0.15, 0.2) is 59.3 Å². The molecule has 0 saturated heterocycles. The summed E-state index contributed by atoms with van der Waals surface area (Å²) in [5.41, 5.74) is 0.753. The highest BCUT2D eigenvalue weighted by Gasteiger charge is 2.31. The Morgan fingerprint density at radius 3 is 2.60 bits per heavy atom. The number of halogens is 5. The number of pyridine rings is 1. The third-order valence-corrected chi connectivity index (χ3v) is 4.74. The average Bonchev–Trinajstić information content (AvgIpc) is 2.71. The molecule has 0 radical (unpaired) electrons. The van der Waals surface area contributed by atoms with E-state index in [9.17, 15) is 22.4 Å². The van der Waals surface area contributed by atoms with Crippen LogP contribution in [0.3, 0.4) is 0 Å². The highest BCUT2D eigenvalue weighted by atomic mass is 79.9. The lowest BCUT2D eigenvalue weighted by Crippen LogP contribution is -2.23. The Morgan fingerprint density at radius 1 is 1.13 bits per heavy atom. The summed E-state index contributed by atoms with van der Waals surface area (Å²) < 4.78 is 57.9.